The van der Waals surface area contributed by atoms with Crippen LogP contribution in [0.25, 0.3) is 0 Å². The summed E-state index contributed by atoms with van der Waals surface area (Å²) in [7, 11) is 0. The van der Waals surface area contributed by atoms with Crippen LogP contribution in [0.1, 0.15) is 24.4 Å². The Kier molecular flexibility index (Phi) is 5.85. The second-order valence-electron chi connectivity index (χ2n) is 3.37. The SMILES string of the molecule is C=CCC[C@@H](N)c1ccc(F)c(N)c1O.Cl. The zero-order chi connectivity index (χ0) is 11.4. The van der Waals surface area contributed by atoms with Crippen molar-refractivity contribution < 1.29 is 9.50 Å². The lowest BCUT2D eigenvalue weighted by Crippen LogP contribution is -2.11. The van der Waals surface area contributed by atoms with Crippen LogP contribution in [0.15, 0.2) is 24.8 Å². The van der Waals surface area contributed by atoms with Gasteiger partial charge in [-0.25, -0.2) is 4.39 Å². The number of benzene rings is 1. The van der Waals surface area contributed by atoms with E-state index >= 15 is 0 Å². The van der Waals surface area contributed by atoms with E-state index in [1.807, 2.05) is 0 Å². The summed E-state index contributed by atoms with van der Waals surface area (Å²) in [4.78, 5) is 0. The van der Waals surface area contributed by atoms with Gasteiger partial charge in [-0.15, -0.1) is 19.0 Å². The summed E-state index contributed by atoms with van der Waals surface area (Å²) >= 11 is 0. The molecule has 0 saturated heterocycles. The first kappa shape index (κ1) is 14.7. The lowest BCUT2D eigenvalue weighted by molar-refractivity contribution is 0.456. The predicted molar refractivity (Wildman–Crippen MR) is 66.1 cm³/mol. The molecule has 0 aliphatic rings. The molecule has 0 aliphatic heterocycles. The molecular weight excluding hydrogens is 231 g/mol. The minimum absolute atomic E-state index is 0. The van der Waals surface area contributed by atoms with Crippen molar-refractivity contribution in [2.45, 2.75) is 18.9 Å². The number of rotatable bonds is 4. The number of phenols is 1. The summed E-state index contributed by atoms with van der Waals surface area (Å²) in [6.07, 6.45) is 3.11. The van der Waals surface area contributed by atoms with Gasteiger partial charge >= 0.3 is 0 Å². The molecule has 1 rings (SSSR count). The van der Waals surface area contributed by atoms with Crippen LogP contribution >= 0.6 is 12.4 Å². The average Bonchev–Trinajstić information content (AvgIpc) is 2.23. The Labute approximate surface area is 100 Å². The Balaban J connectivity index is 0.00000225. The van der Waals surface area contributed by atoms with Crippen LogP contribution in [0.3, 0.4) is 0 Å². The van der Waals surface area contributed by atoms with Crippen molar-refractivity contribution in [3.63, 3.8) is 0 Å². The minimum atomic E-state index is -0.632. The molecule has 0 spiro atoms. The van der Waals surface area contributed by atoms with Crippen LogP contribution in [0, 0.1) is 5.82 Å². The van der Waals surface area contributed by atoms with Crippen molar-refractivity contribution >= 4 is 18.1 Å². The maximum Gasteiger partial charge on any atom is 0.149 e. The van der Waals surface area contributed by atoms with Gasteiger partial charge in [0.1, 0.15) is 17.3 Å². The fourth-order valence-corrected chi connectivity index (χ4v) is 1.35. The maximum absolute atomic E-state index is 12.9. The van der Waals surface area contributed by atoms with Gasteiger partial charge in [-0.2, -0.15) is 0 Å². The number of phenolic OH excluding ortho intramolecular Hbond substituents is 1. The third-order valence-corrected chi connectivity index (χ3v) is 2.28. The molecule has 0 heterocycles. The lowest BCUT2D eigenvalue weighted by atomic mass is 10.0. The molecule has 0 saturated carbocycles. The minimum Gasteiger partial charge on any atom is -0.505 e. The molecule has 16 heavy (non-hydrogen) atoms. The average molecular weight is 247 g/mol. The Bertz CT molecular complexity index is 371. The van der Waals surface area contributed by atoms with E-state index in [1.54, 1.807) is 6.08 Å². The highest BCUT2D eigenvalue weighted by Crippen LogP contribution is 2.32. The molecule has 0 radical (unpaired) electrons. The van der Waals surface area contributed by atoms with Gasteiger partial charge in [-0.1, -0.05) is 12.1 Å². The van der Waals surface area contributed by atoms with Crippen molar-refractivity contribution in [3.05, 3.63) is 36.2 Å². The van der Waals surface area contributed by atoms with Gasteiger partial charge < -0.3 is 16.6 Å². The monoisotopic (exact) mass is 246 g/mol. The van der Waals surface area contributed by atoms with E-state index in [0.29, 0.717) is 12.0 Å². The molecule has 1 atom stereocenters. The molecule has 5 heteroatoms. The van der Waals surface area contributed by atoms with Crippen LogP contribution in [0.4, 0.5) is 10.1 Å². The van der Waals surface area contributed by atoms with Gasteiger partial charge in [-0.3, -0.25) is 0 Å². The van der Waals surface area contributed by atoms with Crippen molar-refractivity contribution in [2.24, 2.45) is 5.73 Å². The van der Waals surface area contributed by atoms with Gasteiger partial charge in [0.2, 0.25) is 0 Å². The van der Waals surface area contributed by atoms with Gasteiger partial charge in [0, 0.05) is 11.6 Å². The van der Waals surface area contributed by atoms with Crippen molar-refractivity contribution in [1.82, 2.24) is 0 Å². The highest BCUT2D eigenvalue weighted by Gasteiger charge is 2.14. The first-order chi connectivity index (χ1) is 7.07. The first-order valence-corrected chi connectivity index (χ1v) is 4.71. The highest BCUT2D eigenvalue weighted by atomic mass is 35.5. The summed E-state index contributed by atoms with van der Waals surface area (Å²) in [6, 6.07) is 2.30. The Morgan fingerprint density at radius 3 is 2.69 bits per heavy atom. The summed E-state index contributed by atoms with van der Waals surface area (Å²) < 4.78 is 12.9. The van der Waals surface area contributed by atoms with Gasteiger partial charge in [0.05, 0.1) is 0 Å². The number of nitrogen functional groups attached to an aromatic ring is 1. The number of aromatic hydroxyl groups is 1. The number of allylic oxidation sites excluding steroid dienone is 1. The maximum atomic E-state index is 12.9. The molecule has 1 aromatic rings. The Hall–Kier alpha value is -1.26. The molecule has 0 unspecified atom stereocenters. The van der Waals surface area contributed by atoms with E-state index in [-0.39, 0.29) is 29.9 Å². The summed E-state index contributed by atoms with van der Waals surface area (Å²) in [5.41, 5.74) is 11.4. The van der Waals surface area contributed by atoms with Crippen LogP contribution in [-0.4, -0.2) is 5.11 Å². The topological polar surface area (TPSA) is 72.3 Å². The largest absolute Gasteiger partial charge is 0.505 e. The summed E-state index contributed by atoms with van der Waals surface area (Å²) in [5.74, 6) is -0.890. The molecule has 0 fully saturated rings. The first-order valence-electron chi connectivity index (χ1n) is 4.71. The molecule has 0 amide bonds. The van der Waals surface area contributed by atoms with E-state index in [1.165, 1.54) is 12.1 Å². The molecule has 0 aliphatic carbocycles. The van der Waals surface area contributed by atoms with Gasteiger partial charge in [0.15, 0.2) is 0 Å². The number of anilines is 1. The van der Waals surface area contributed by atoms with E-state index in [4.69, 9.17) is 11.5 Å². The normalized spacial score (nSPS) is 11.6. The summed E-state index contributed by atoms with van der Waals surface area (Å²) in [5, 5.41) is 9.58. The molecule has 90 valence electrons. The van der Waals surface area contributed by atoms with Crippen LogP contribution in [-0.2, 0) is 0 Å². The van der Waals surface area contributed by atoms with Crippen molar-refractivity contribution in [1.29, 1.82) is 0 Å². The number of hydrogen-bond acceptors (Lipinski definition) is 3. The van der Waals surface area contributed by atoms with Crippen molar-refractivity contribution in [2.75, 3.05) is 5.73 Å². The molecule has 0 aromatic heterocycles. The molecule has 3 nitrogen and oxygen atoms in total. The highest BCUT2D eigenvalue weighted by molar-refractivity contribution is 5.85. The van der Waals surface area contributed by atoms with E-state index in [9.17, 15) is 9.50 Å². The lowest BCUT2D eigenvalue weighted by Gasteiger charge is -2.14. The summed E-state index contributed by atoms with van der Waals surface area (Å²) in [6.45, 7) is 3.58. The zero-order valence-corrected chi connectivity index (χ0v) is 9.64. The standard InChI is InChI=1S/C11H15FN2O.ClH/c1-2-3-4-9(13)7-5-6-8(12)10(14)11(7)15;/h2,5-6,9,15H,1,3-4,13-14H2;1H/t9-;/m1./s1. The van der Waals surface area contributed by atoms with E-state index < -0.39 is 5.82 Å². The molecule has 1 aromatic carbocycles. The van der Waals surface area contributed by atoms with Crippen molar-refractivity contribution in [3.8, 4) is 5.75 Å². The quantitative estimate of drug-likeness (QED) is 0.434. The fourth-order valence-electron chi connectivity index (χ4n) is 1.35. The Morgan fingerprint density at radius 1 is 1.50 bits per heavy atom. The fraction of sp³-hybridized carbons (Fsp3) is 0.273. The third-order valence-electron chi connectivity index (χ3n) is 2.28. The number of hydrogen-bond donors (Lipinski definition) is 3. The molecule has 0 bridgehead atoms. The molecular formula is C11H16ClFN2O. The van der Waals surface area contributed by atoms with E-state index in [0.717, 1.165) is 6.42 Å². The second kappa shape index (κ2) is 6.35. The van der Waals surface area contributed by atoms with Gasteiger partial charge in [-0.05, 0) is 18.9 Å². The zero-order valence-electron chi connectivity index (χ0n) is 8.82. The smallest absolute Gasteiger partial charge is 0.149 e. The van der Waals surface area contributed by atoms with Crippen LogP contribution < -0.4 is 11.5 Å². The van der Waals surface area contributed by atoms with E-state index in [2.05, 4.69) is 6.58 Å². The van der Waals surface area contributed by atoms with Crippen LogP contribution in [0.5, 0.6) is 5.75 Å². The van der Waals surface area contributed by atoms with Gasteiger partial charge in [0.25, 0.3) is 0 Å². The number of halogens is 2. The molecule has 5 N–H and O–H groups in total. The van der Waals surface area contributed by atoms with Crippen LogP contribution in [0.2, 0.25) is 0 Å². The predicted octanol–water partition coefficient (Wildman–Crippen LogP) is 2.50. The second-order valence-corrected chi connectivity index (χ2v) is 3.37. The number of nitrogens with two attached hydrogens (primary N) is 2. The Morgan fingerprint density at radius 2 is 2.12 bits per heavy atom. The third kappa shape index (κ3) is 3.12.